The summed E-state index contributed by atoms with van der Waals surface area (Å²) in [6.07, 6.45) is 0. The van der Waals surface area contributed by atoms with Crippen LogP contribution < -0.4 is 5.32 Å². The summed E-state index contributed by atoms with van der Waals surface area (Å²) in [7, 11) is 0. The van der Waals surface area contributed by atoms with Crippen molar-refractivity contribution in [2.24, 2.45) is 0 Å². The van der Waals surface area contributed by atoms with E-state index in [0.717, 1.165) is 14.8 Å². The van der Waals surface area contributed by atoms with Crippen LogP contribution in [0.2, 0.25) is 10.0 Å². The molecule has 0 aliphatic heterocycles. The zero-order valence-electron chi connectivity index (χ0n) is 9.25. The third kappa shape index (κ3) is 3.22. The molecule has 0 saturated carbocycles. The first kappa shape index (κ1) is 13.8. The molecule has 0 unspecified atom stereocenters. The summed E-state index contributed by atoms with van der Waals surface area (Å²) in [6, 6.07) is 10.9. The Morgan fingerprint density at radius 1 is 1.17 bits per heavy atom. The van der Waals surface area contributed by atoms with Crippen LogP contribution in [0.25, 0.3) is 0 Å². The Morgan fingerprint density at radius 2 is 1.94 bits per heavy atom. The molecule has 0 atom stereocenters. The smallest absolute Gasteiger partial charge is 0.139 e. The van der Waals surface area contributed by atoms with Gasteiger partial charge in [-0.25, -0.2) is 0 Å². The lowest BCUT2D eigenvalue weighted by atomic mass is 10.2. The lowest BCUT2D eigenvalue weighted by molar-refractivity contribution is 0.469. The zero-order valence-corrected chi connectivity index (χ0v) is 12.9. The van der Waals surface area contributed by atoms with Gasteiger partial charge in [0.1, 0.15) is 5.75 Å². The molecule has 2 rings (SSSR count). The third-order valence-corrected chi connectivity index (χ3v) is 3.90. The second-order valence-corrected chi connectivity index (χ2v) is 5.73. The molecule has 2 aromatic carbocycles. The van der Waals surface area contributed by atoms with Crippen LogP contribution in [0.1, 0.15) is 5.56 Å². The Kier molecular flexibility index (Phi) is 4.59. The van der Waals surface area contributed by atoms with Gasteiger partial charge in [-0.1, -0.05) is 35.3 Å². The molecule has 0 bridgehead atoms. The topological polar surface area (TPSA) is 32.3 Å². The number of nitrogens with one attached hydrogen (secondary N) is 1. The number of para-hydroxylation sites is 1. The van der Waals surface area contributed by atoms with Crippen molar-refractivity contribution in [2.75, 3.05) is 5.32 Å². The van der Waals surface area contributed by atoms with Crippen molar-refractivity contribution < 1.29 is 5.11 Å². The fourth-order valence-corrected chi connectivity index (χ4v) is 2.78. The monoisotopic (exact) mass is 393 g/mol. The summed E-state index contributed by atoms with van der Waals surface area (Å²) < 4.78 is 1.03. The zero-order chi connectivity index (χ0) is 13.1. The average molecular weight is 394 g/mol. The summed E-state index contributed by atoms with van der Waals surface area (Å²) in [6.45, 7) is 0.504. The standard InChI is InChI=1S/C13H10Cl2INO/c14-9-4-5-12(11(16)6-9)17-7-8-2-1-3-10(15)13(8)18/h1-6,17-18H,7H2. The molecule has 94 valence electrons. The van der Waals surface area contributed by atoms with Crippen LogP contribution in [-0.2, 0) is 6.54 Å². The lowest BCUT2D eigenvalue weighted by Gasteiger charge is -2.10. The summed E-state index contributed by atoms with van der Waals surface area (Å²) >= 11 is 13.9. The number of aromatic hydroxyl groups is 1. The Bertz CT molecular complexity index is 575. The summed E-state index contributed by atoms with van der Waals surface area (Å²) in [5.74, 6) is 0.121. The average Bonchev–Trinajstić information content (AvgIpc) is 2.33. The van der Waals surface area contributed by atoms with E-state index < -0.39 is 0 Å². The number of benzene rings is 2. The minimum absolute atomic E-state index is 0.121. The lowest BCUT2D eigenvalue weighted by Crippen LogP contribution is -2.01. The Balaban J connectivity index is 2.14. The van der Waals surface area contributed by atoms with Crippen LogP contribution >= 0.6 is 45.8 Å². The Hall–Kier alpha value is -0.650. The van der Waals surface area contributed by atoms with Crippen molar-refractivity contribution in [3.8, 4) is 5.75 Å². The number of phenolic OH excluding ortho intramolecular Hbond substituents is 1. The SMILES string of the molecule is Oc1c(Cl)cccc1CNc1ccc(Cl)cc1I. The van der Waals surface area contributed by atoms with Gasteiger partial charge < -0.3 is 10.4 Å². The van der Waals surface area contributed by atoms with Gasteiger partial charge in [0.05, 0.1) is 5.02 Å². The minimum atomic E-state index is 0.121. The molecule has 2 N–H and O–H groups in total. The largest absolute Gasteiger partial charge is 0.506 e. The first-order chi connectivity index (χ1) is 8.58. The van der Waals surface area contributed by atoms with E-state index in [0.29, 0.717) is 16.6 Å². The summed E-state index contributed by atoms with van der Waals surface area (Å²) in [5, 5.41) is 14.1. The quantitative estimate of drug-likeness (QED) is 0.725. The number of hydrogen-bond donors (Lipinski definition) is 2. The number of hydrogen-bond acceptors (Lipinski definition) is 2. The second kappa shape index (κ2) is 5.99. The first-order valence-electron chi connectivity index (χ1n) is 5.23. The van der Waals surface area contributed by atoms with E-state index >= 15 is 0 Å². The van der Waals surface area contributed by atoms with Gasteiger partial charge in [0, 0.05) is 26.4 Å². The molecule has 0 aliphatic rings. The minimum Gasteiger partial charge on any atom is -0.506 e. The van der Waals surface area contributed by atoms with Gasteiger partial charge in [0.2, 0.25) is 0 Å². The maximum Gasteiger partial charge on any atom is 0.139 e. The first-order valence-corrected chi connectivity index (χ1v) is 7.06. The molecule has 0 aromatic heterocycles. The molecule has 0 heterocycles. The number of anilines is 1. The number of rotatable bonds is 3. The molecule has 0 fully saturated rings. The molecule has 0 spiro atoms. The summed E-state index contributed by atoms with van der Waals surface area (Å²) in [4.78, 5) is 0. The van der Waals surface area contributed by atoms with Gasteiger partial charge in [-0.3, -0.25) is 0 Å². The van der Waals surface area contributed by atoms with Crippen LogP contribution in [0.4, 0.5) is 5.69 Å². The molecule has 0 radical (unpaired) electrons. The third-order valence-electron chi connectivity index (χ3n) is 2.47. The van der Waals surface area contributed by atoms with Crippen LogP contribution in [0.5, 0.6) is 5.75 Å². The van der Waals surface area contributed by atoms with E-state index in [1.54, 1.807) is 6.07 Å². The molecular weight excluding hydrogens is 384 g/mol. The van der Waals surface area contributed by atoms with E-state index in [4.69, 9.17) is 23.2 Å². The Labute approximate surface area is 129 Å². The van der Waals surface area contributed by atoms with Crippen LogP contribution in [0.3, 0.4) is 0 Å². The molecule has 18 heavy (non-hydrogen) atoms. The van der Waals surface area contributed by atoms with Crippen LogP contribution in [0.15, 0.2) is 36.4 Å². The van der Waals surface area contributed by atoms with E-state index in [9.17, 15) is 5.11 Å². The van der Waals surface area contributed by atoms with E-state index in [1.807, 2.05) is 30.3 Å². The predicted molar refractivity (Wildman–Crippen MR) is 84.6 cm³/mol. The van der Waals surface area contributed by atoms with E-state index in [2.05, 4.69) is 27.9 Å². The predicted octanol–water partition coefficient (Wildman–Crippen LogP) is 4.92. The fraction of sp³-hybridized carbons (Fsp3) is 0.0769. The van der Waals surface area contributed by atoms with Gasteiger partial charge in [0.15, 0.2) is 0 Å². The molecular formula is C13H10Cl2INO. The van der Waals surface area contributed by atoms with Gasteiger partial charge in [-0.2, -0.15) is 0 Å². The molecule has 2 aromatic rings. The fourth-order valence-electron chi connectivity index (χ4n) is 1.53. The van der Waals surface area contributed by atoms with Gasteiger partial charge >= 0.3 is 0 Å². The highest BCUT2D eigenvalue weighted by Gasteiger charge is 2.06. The van der Waals surface area contributed by atoms with E-state index in [1.165, 1.54) is 0 Å². The maximum absolute atomic E-state index is 9.79. The van der Waals surface area contributed by atoms with Crippen molar-refractivity contribution in [3.05, 3.63) is 55.6 Å². The second-order valence-electron chi connectivity index (χ2n) is 3.73. The molecule has 0 aliphatic carbocycles. The van der Waals surface area contributed by atoms with E-state index in [-0.39, 0.29) is 5.75 Å². The maximum atomic E-state index is 9.79. The van der Waals surface area contributed by atoms with Crippen molar-refractivity contribution in [2.45, 2.75) is 6.54 Å². The van der Waals surface area contributed by atoms with Crippen molar-refractivity contribution in [3.63, 3.8) is 0 Å². The van der Waals surface area contributed by atoms with Crippen LogP contribution in [-0.4, -0.2) is 5.11 Å². The molecule has 5 heteroatoms. The van der Waals surface area contributed by atoms with Crippen LogP contribution in [0, 0.1) is 3.57 Å². The van der Waals surface area contributed by atoms with Crippen molar-refractivity contribution in [1.82, 2.24) is 0 Å². The molecule has 2 nitrogen and oxygen atoms in total. The Morgan fingerprint density at radius 3 is 2.67 bits per heavy atom. The highest BCUT2D eigenvalue weighted by atomic mass is 127. The number of phenols is 1. The number of halogens is 3. The van der Waals surface area contributed by atoms with Gasteiger partial charge in [-0.05, 0) is 46.9 Å². The van der Waals surface area contributed by atoms with Gasteiger partial charge in [0.25, 0.3) is 0 Å². The summed E-state index contributed by atoms with van der Waals surface area (Å²) in [5.41, 5.74) is 1.73. The van der Waals surface area contributed by atoms with Crippen molar-refractivity contribution in [1.29, 1.82) is 0 Å². The molecule has 0 amide bonds. The van der Waals surface area contributed by atoms with Crippen molar-refractivity contribution >= 4 is 51.5 Å². The molecule has 0 saturated heterocycles. The normalized spacial score (nSPS) is 10.4. The highest BCUT2D eigenvalue weighted by Crippen LogP contribution is 2.28. The van der Waals surface area contributed by atoms with Gasteiger partial charge in [-0.15, -0.1) is 0 Å². The highest BCUT2D eigenvalue weighted by molar-refractivity contribution is 14.1.